The molecule has 36 heavy (non-hydrogen) atoms. The molecular formula is C32H50NO3+. The maximum Gasteiger partial charge on any atom is 0.126 e. The molecule has 0 saturated carbocycles. The Hall–Kier alpha value is -1.88. The zero-order valence-corrected chi connectivity index (χ0v) is 23.7. The summed E-state index contributed by atoms with van der Waals surface area (Å²) in [5.74, 6) is 0.927. The van der Waals surface area contributed by atoms with Gasteiger partial charge in [0.05, 0.1) is 26.3 Å². The fourth-order valence-electron chi connectivity index (χ4n) is 5.37. The number of ether oxygens (including phenoxy) is 2. The van der Waals surface area contributed by atoms with Crippen molar-refractivity contribution in [1.82, 2.24) is 0 Å². The number of aliphatic hydroxyl groups excluding tert-OH is 1. The Labute approximate surface area is 220 Å². The summed E-state index contributed by atoms with van der Waals surface area (Å²) in [7, 11) is 0. The molecule has 1 heterocycles. The molecular weight excluding hydrogens is 446 g/mol. The third kappa shape index (κ3) is 8.61. The zero-order chi connectivity index (χ0) is 26.2. The summed E-state index contributed by atoms with van der Waals surface area (Å²) < 4.78 is 13.0. The average Bonchev–Trinajstić information content (AvgIpc) is 3.03. The number of aliphatic hydroxyl groups is 1. The van der Waals surface area contributed by atoms with Gasteiger partial charge in [0.2, 0.25) is 0 Å². The lowest BCUT2D eigenvalue weighted by molar-refractivity contribution is -0.943. The molecule has 1 N–H and O–H groups in total. The van der Waals surface area contributed by atoms with Crippen LogP contribution in [0.2, 0.25) is 0 Å². The lowest BCUT2D eigenvalue weighted by Gasteiger charge is -2.39. The van der Waals surface area contributed by atoms with Crippen molar-refractivity contribution < 1.29 is 19.1 Å². The van der Waals surface area contributed by atoms with Gasteiger partial charge in [0, 0.05) is 5.56 Å². The summed E-state index contributed by atoms with van der Waals surface area (Å²) in [5, 5.41) is 10.9. The Balaban J connectivity index is 1.52. The van der Waals surface area contributed by atoms with Gasteiger partial charge in [0.25, 0.3) is 0 Å². The SMILES string of the molecule is CC(C)(C)c1ccc(OCCOC[C@H](O)C[N+]2(Cc3ccccc3)CCCCCC2)c(C(C)(C)C)c1. The Morgan fingerprint density at radius 3 is 2.11 bits per heavy atom. The highest BCUT2D eigenvalue weighted by atomic mass is 16.5. The quantitative estimate of drug-likeness (QED) is 0.296. The van der Waals surface area contributed by atoms with E-state index in [0.717, 1.165) is 36.4 Å². The highest BCUT2D eigenvalue weighted by Gasteiger charge is 2.32. The van der Waals surface area contributed by atoms with Crippen LogP contribution in [0.15, 0.2) is 48.5 Å². The van der Waals surface area contributed by atoms with Crippen LogP contribution in [0.25, 0.3) is 0 Å². The maximum atomic E-state index is 10.9. The number of hydrogen-bond donors (Lipinski definition) is 1. The molecule has 2 aromatic carbocycles. The van der Waals surface area contributed by atoms with Gasteiger partial charge in [0.1, 0.15) is 31.5 Å². The monoisotopic (exact) mass is 496 g/mol. The average molecular weight is 497 g/mol. The van der Waals surface area contributed by atoms with Crippen molar-refractivity contribution in [3.8, 4) is 5.75 Å². The third-order valence-electron chi connectivity index (χ3n) is 7.42. The van der Waals surface area contributed by atoms with E-state index >= 15 is 0 Å². The Morgan fingerprint density at radius 1 is 0.833 bits per heavy atom. The van der Waals surface area contributed by atoms with Crippen molar-refractivity contribution in [3.05, 3.63) is 65.2 Å². The van der Waals surface area contributed by atoms with Gasteiger partial charge in [-0.2, -0.15) is 0 Å². The van der Waals surface area contributed by atoms with Gasteiger partial charge in [-0.25, -0.2) is 0 Å². The first-order valence-electron chi connectivity index (χ1n) is 13.9. The zero-order valence-electron chi connectivity index (χ0n) is 23.7. The molecule has 4 heteroatoms. The Morgan fingerprint density at radius 2 is 1.50 bits per heavy atom. The van der Waals surface area contributed by atoms with E-state index < -0.39 is 6.10 Å². The van der Waals surface area contributed by atoms with Crippen LogP contribution in [0.1, 0.15) is 83.9 Å². The molecule has 0 aliphatic carbocycles. The van der Waals surface area contributed by atoms with Crippen LogP contribution in [-0.2, 0) is 22.1 Å². The van der Waals surface area contributed by atoms with E-state index in [1.54, 1.807) is 0 Å². The van der Waals surface area contributed by atoms with E-state index in [4.69, 9.17) is 9.47 Å². The summed E-state index contributed by atoms with van der Waals surface area (Å²) >= 11 is 0. The summed E-state index contributed by atoms with van der Waals surface area (Å²) in [4.78, 5) is 0. The van der Waals surface area contributed by atoms with E-state index in [1.807, 2.05) is 0 Å². The van der Waals surface area contributed by atoms with Crippen molar-refractivity contribution in [2.45, 2.75) is 90.7 Å². The largest absolute Gasteiger partial charge is 0.491 e. The van der Waals surface area contributed by atoms with Crippen LogP contribution in [0.5, 0.6) is 5.75 Å². The van der Waals surface area contributed by atoms with Crippen LogP contribution in [0.3, 0.4) is 0 Å². The van der Waals surface area contributed by atoms with Crippen LogP contribution >= 0.6 is 0 Å². The molecule has 200 valence electrons. The van der Waals surface area contributed by atoms with Gasteiger partial charge >= 0.3 is 0 Å². The molecule has 0 unspecified atom stereocenters. The third-order valence-corrected chi connectivity index (χ3v) is 7.42. The molecule has 4 nitrogen and oxygen atoms in total. The van der Waals surface area contributed by atoms with Crippen molar-refractivity contribution in [3.63, 3.8) is 0 Å². The molecule has 1 aliphatic heterocycles. The highest BCUT2D eigenvalue weighted by molar-refractivity contribution is 5.43. The van der Waals surface area contributed by atoms with Gasteiger partial charge in [-0.3, -0.25) is 0 Å². The second-order valence-electron chi connectivity index (χ2n) is 12.8. The fourth-order valence-corrected chi connectivity index (χ4v) is 5.37. The van der Waals surface area contributed by atoms with Crippen molar-refractivity contribution >= 4 is 0 Å². The first-order chi connectivity index (χ1) is 17.0. The molecule has 2 aromatic rings. The minimum Gasteiger partial charge on any atom is -0.491 e. The van der Waals surface area contributed by atoms with E-state index in [1.165, 1.54) is 42.4 Å². The summed E-state index contributed by atoms with van der Waals surface area (Å²) in [6.45, 7) is 18.7. The second kappa shape index (κ2) is 12.6. The van der Waals surface area contributed by atoms with Crippen LogP contribution in [0.4, 0.5) is 0 Å². The number of benzene rings is 2. The Bertz CT molecular complexity index is 919. The summed E-state index contributed by atoms with van der Waals surface area (Å²) in [6, 6.07) is 17.3. The van der Waals surface area contributed by atoms with Gasteiger partial charge in [-0.05, 0) is 53.7 Å². The number of rotatable bonds is 10. The number of quaternary nitrogens is 1. The molecule has 0 radical (unpaired) electrons. The summed E-state index contributed by atoms with van der Waals surface area (Å²) in [5.41, 5.74) is 4.00. The molecule has 1 atom stereocenters. The molecule has 0 bridgehead atoms. The first kappa shape index (κ1) is 28.7. The molecule has 0 aromatic heterocycles. The lowest BCUT2D eigenvalue weighted by atomic mass is 9.80. The van der Waals surface area contributed by atoms with Crippen LogP contribution < -0.4 is 4.74 Å². The molecule has 3 rings (SSSR count). The number of likely N-dealkylation sites (tertiary alicyclic amines) is 1. The van der Waals surface area contributed by atoms with E-state index in [9.17, 15) is 5.11 Å². The van der Waals surface area contributed by atoms with Crippen molar-refractivity contribution in [1.29, 1.82) is 0 Å². The van der Waals surface area contributed by atoms with Gasteiger partial charge < -0.3 is 19.1 Å². The number of nitrogens with zero attached hydrogens (tertiary/aromatic N) is 1. The predicted molar refractivity (Wildman–Crippen MR) is 150 cm³/mol. The van der Waals surface area contributed by atoms with Crippen molar-refractivity contribution in [2.24, 2.45) is 0 Å². The molecule has 0 amide bonds. The van der Waals surface area contributed by atoms with Gasteiger partial charge in [-0.15, -0.1) is 0 Å². The van der Waals surface area contributed by atoms with Crippen LogP contribution in [0, 0.1) is 0 Å². The Kier molecular flexibility index (Phi) is 10.0. The molecule has 1 aliphatic rings. The van der Waals surface area contributed by atoms with Gasteiger partial charge in [-0.1, -0.05) is 84.0 Å². The second-order valence-corrected chi connectivity index (χ2v) is 12.8. The standard InChI is InChI=1S/C32H50NO3/c1-31(2,3)27-16-17-30(29(22-27)32(4,5)6)36-21-20-35-25-28(34)24-33(18-12-7-8-13-19-33)23-26-14-10-9-11-15-26/h9-11,14-17,22,28,34H,7-8,12-13,18-21,23-25H2,1-6H3/q+1/t28-/m1/s1. The molecule has 0 spiro atoms. The number of hydrogen-bond acceptors (Lipinski definition) is 3. The first-order valence-corrected chi connectivity index (χ1v) is 13.9. The lowest BCUT2D eigenvalue weighted by Crippen LogP contribution is -2.53. The normalized spacial score (nSPS) is 17.4. The maximum absolute atomic E-state index is 10.9. The highest BCUT2D eigenvalue weighted by Crippen LogP contribution is 2.35. The molecule has 1 fully saturated rings. The van der Waals surface area contributed by atoms with E-state index in [0.29, 0.717) is 19.8 Å². The fraction of sp³-hybridized carbons (Fsp3) is 0.625. The topological polar surface area (TPSA) is 38.7 Å². The van der Waals surface area contributed by atoms with Crippen LogP contribution in [-0.4, -0.2) is 55.1 Å². The smallest absolute Gasteiger partial charge is 0.126 e. The van der Waals surface area contributed by atoms with Gasteiger partial charge in [0.15, 0.2) is 0 Å². The molecule has 1 saturated heterocycles. The summed E-state index contributed by atoms with van der Waals surface area (Å²) in [6.07, 6.45) is 4.59. The van der Waals surface area contributed by atoms with Crippen molar-refractivity contribution in [2.75, 3.05) is 39.5 Å². The minimum atomic E-state index is -0.469. The predicted octanol–water partition coefficient (Wildman–Crippen LogP) is 6.63. The van der Waals surface area contributed by atoms with E-state index in [2.05, 4.69) is 90.1 Å². The minimum absolute atomic E-state index is 0.00263. The van der Waals surface area contributed by atoms with E-state index in [-0.39, 0.29) is 10.8 Å².